The van der Waals surface area contributed by atoms with Gasteiger partial charge in [-0.15, -0.1) is 0 Å². The number of halogens is 7. The first-order chi connectivity index (χ1) is 13.4. The summed E-state index contributed by atoms with van der Waals surface area (Å²) < 4.78 is 105. The van der Waals surface area contributed by atoms with Crippen molar-refractivity contribution in [1.82, 2.24) is 0 Å². The molecule has 0 aromatic heterocycles. The van der Waals surface area contributed by atoms with Gasteiger partial charge >= 0.3 is 24.2 Å². The Balaban J connectivity index is 1.99. The molecule has 1 atom stereocenters. The van der Waals surface area contributed by atoms with E-state index in [2.05, 4.69) is 4.74 Å². The molecular formula is C18H25F7O4. The van der Waals surface area contributed by atoms with Gasteiger partial charge in [0.25, 0.3) is 0 Å². The normalized spacial score (nSPS) is 21.3. The maximum absolute atomic E-state index is 13.7. The average Bonchev–Trinajstić information content (AvgIpc) is 3.13. The van der Waals surface area contributed by atoms with Gasteiger partial charge in [0.2, 0.25) is 0 Å². The second kappa shape index (κ2) is 9.80. The molecule has 2 rings (SSSR count). The Hall–Kier alpha value is -1.10. The predicted molar refractivity (Wildman–Crippen MR) is 86.5 cm³/mol. The number of rotatable bonds is 9. The Labute approximate surface area is 164 Å². The fourth-order valence-electron chi connectivity index (χ4n) is 3.58. The van der Waals surface area contributed by atoms with E-state index in [1.807, 2.05) is 0 Å². The Bertz CT molecular complexity index is 527. The summed E-state index contributed by atoms with van der Waals surface area (Å²) in [6.45, 7) is -0.264. The van der Waals surface area contributed by atoms with Crippen molar-refractivity contribution in [3.8, 4) is 0 Å². The molecule has 2 fully saturated rings. The highest BCUT2D eigenvalue weighted by molar-refractivity contribution is 5.72. The fourth-order valence-corrected chi connectivity index (χ4v) is 3.58. The maximum Gasteiger partial charge on any atom is 0.419 e. The van der Waals surface area contributed by atoms with Crippen LogP contribution in [0.25, 0.3) is 0 Å². The van der Waals surface area contributed by atoms with Crippen molar-refractivity contribution in [2.75, 3.05) is 19.8 Å². The van der Waals surface area contributed by atoms with Crippen molar-refractivity contribution < 1.29 is 49.7 Å². The Morgan fingerprint density at radius 3 is 2.10 bits per heavy atom. The maximum atomic E-state index is 13.7. The monoisotopic (exact) mass is 438 g/mol. The number of hydrogen-bond acceptors (Lipinski definition) is 4. The molecule has 2 aliphatic rings. The molecule has 4 nitrogen and oxygen atoms in total. The molecule has 0 amide bonds. The predicted octanol–water partition coefficient (Wildman–Crippen LogP) is 5.10. The van der Waals surface area contributed by atoms with Gasteiger partial charge in [0, 0.05) is 13.2 Å². The lowest BCUT2D eigenvalue weighted by Crippen LogP contribution is -2.47. The summed E-state index contributed by atoms with van der Waals surface area (Å²) in [5, 5.41) is 0. The minimum absolute atomic E-state index is 0.0574. The second-order valence-corrected chi connectivity index (χ2v) is 7.66. The summed E-state index contributed by atoms with van der Waals surface area (Å²) >= 11 is 0. The van der Waals surface area contributed by atoms with Crippen LogP contribution in [0.2, 0.25) is 0 Å². The molecule has 0 aromatic rings. The van der Waals surface area contributed by atoms with Crippen molar-refractivity contribution in [3.05, 3.63) is 0 Å². The van der Waals surface area contributed by atoms with Crippen molar-refractivity contribution >= 4 is 5.97 Å². The molecule has 29 heavy (non-hydrogen) atoms. The first-order valence-electron chi connectivity index (χ1n) is 9.64. The molecule has 1 saturated carbocycles. The Morgan fingerprint density at radius 2 is 1.55 bits per heavy atom. The molecule has 1 unspecified atom stereocenters. The Kier molecular flexibility index (Phi) is 8.17. The zero-order valence-corrected chi connectivity index (χ0v) is 15.8. The molecule has 0 bridgehead atoms. The van der Waals surface area contributed by atoms with Crippen LogP contribution in [-0.2, 0) is 19.0 Å². The van der Waals surface area contributed by atoms with E-state index in [1.165, 1.54) is 0 Å². The molecule has 1 aliphatic carbocycles. The molecule has 0 radical (unpaired) electrons. The number of hydrogen-bond donors (Lipinski definition) is 0. The van der Waals surface area contributed by atoms with Crippen molar-refractivity contribution in [2.45, 2.75) is 75.7 Å². The van der Waals surface area contributed by atoms with Crippen LogP contribution >= 0.6 is 0 Å². The second-order valence-electron chi connectivity index (χ2n) is 7.66. The highest BCUT2D eigenvalue weighted by atomic mass is 19.4. The zero-order valence-electron chi connectivity index (χ0n) is 15.8. The zero-order chi connectivity index (χ0) is 21.7. The van der Waals surface area contributed by atoms with E-state index >= 15 is 0 Å². The van der Waals surface area contributed by atoms with Crippen LogP contribution in [0.15, 0.2) is 0 Å². The Morgan fingerprint density at radius 1 is 0.966 bits per heavy atom. The van der Waals surface area contributed by atoms with Crippen LogP contribution in [0.5, 0.6) is 0 Å². The van der Waals surface area contributed by atoms with Crippen LogP contribution in [0, 0.1) is 11.8 Å². The van der Waals surface area contributed by atoms with Crippen LogP contribution in [0.3, 0.4) is 0 Å². The van der Waals surface area contributed by atoms with E-state index in [0.717, 1.165) is 12.8 Å². The SMILES string of the molecule is O=C(OC(COC(F)(F)C(F)(F)CC(F)(F)F)CC1CCOCC1)C1CCCC1. The number of ether oxygens (including phenoxy) is 3. The van der Waals surface area contributed by atoms with Crippen LogP contribution in [-0.4, -0.2) is 50.1 Å². The quantitative estimate of drug-likeness (QED) is 0.371. The summed E-state index contributed by atoms with van der Waals surface area (Å²) in [6.07, 6.45) is -11.1. The van der Waals surface area contributed by atoms with Crippen molar-refractivity contribution in [3.63, 3.8) is 0 Å². The first kappa shape index (κ1) is 24.2. The minimum Gasteiger partial charge on any atom is -0.460 e. The lowest BCUT2D eigenvalue weighted by atomic mass is 9.93. The molecule has 1 heterocycles. The summed E-state index contributed by atoms with van der Waals surface area (Å²) in [5.74, 6) is -6.50. The smallest absolute Gasteiger partial charge is 0.419 e. The molecule has 170 valence electrons. The van der Waals surface area contributed by atoms with Crippen LogP contribution < -0.4 is 0 Å². The summed E-state index contributed by atoms with van der Waals surface area (Å²) in [4.78, 5) is 12.2. The first-order valence-corrected chi connectivity index (χ1v) is 9.64. The lowest BCUT2D eigenvalue weighted by molar-refractivity contribution is -0.369. The average molecular weight is 438 g/mol. The van der Waals surface area contributed by atoms with Gasteiger partial charge in [-0.1, -0.05) is 12.8 Å². The van der Waals surface area contributed by atoms with E-state index in [4.69, 9.17) is 9.47 Å². The molecule has 0 aromatic carbocycles. The highest BCUT2D eigenvalue weighted by Gasteiger charge is 2.62. The van der Waals surface area contributed by atoms with E-state index in [9.17, 15) is 35.5 Å². The van der Waals surface area contributed by atoms with Crippen molar-refractivity contribution in [2.24, 2.45) is 11.8 Å². The van der Waals surface area contributed by atoms with Crippen molar-refractivity contribution in [1.29, 1.82) is 0 Å². The third kappa shape index (κ3) is 7.58. The van der Waals surface area contributed by atoms with Crippen LogP contribution in [0.1, 0.15) is 51.4 Å². The summed E-state index contributed by atoms with van der Waals surface area (Å²) in [5.41, 5.74) is 0. The lowest BCUT2D eigenvalue weighted by Gasteiger charge is -2.30. The topological polar surface area (TPSA) is 44.8 Å². The van der Waals surface area contributed by atoms with Gasteiger partial charge in [-0.25, -0.2) is 0 Å². The number of esters is 1. The third-order valence-corrected chi connectivity index (χ3v) is 5.21. The summed E-state index contributed by atoms with van der Waals surface area (Å²) in [6, 6.07) is 0. The number of alkyl halides is 7. The third-order valence-electron chi connectivity index (χ3n) is 5.21. The molecule has 11 heteroatoms. The molecule has 0 spiro atoms. The minimum atomic E-state index is -5.49. The van der Waals surface area contributed by atoms with Gasteiger partial charge in [0.05, 0.1) is 12.5 Å². The molecule has 1 aliphatic heterocycles. The van der Waals surface area contributed by atoms with Gasteiger partial charge < -0.3 is 14.2 Å². The van der Waals surface area contributed by atoms with Gasteiger partial charge in [-0.05, 0) is 38.0 Å². The van der Waals surface area contributed by atoms with E-state index < -0.39 is 43.3 Å². The van der Waals surface area contributed by atoms with Gasteiger partial charge in [0.1, 0.15) is 12.5 Å². The van der Waals surface area contributed by atoms with Gasteiger partial charge in [0.15, 0.2) is 0 Å². The largest absolute Gasteiger partial charge is 0.460 e. The van der Waals surface area contributed by atoms with E-state index in [0.29, 0.717) is 38.9 Å². The fraction of sp³-hybridized carbons (Fsp3) is 0.944. The van der Waals surface area contributed by atoms with Gasteiger partial charge in [-0.2, -0.15) is 30.7 Å². The van der Waals surface area contributed by atoms with E-state index in [-0.39, 0.29) is 18.3 Å². The molecular weight excluding hydrogens is 413 g/mol. The van der Waals surface area contributed by atoms with E-state index in [1.54, 1.807) is 0 Å². The number of carbonyl (C=O) groups is 1. The molecule has 1 saturated heterocycles. The summed E-state index contributed by atoms with van der Waals surface area (Å²) in [7, 11) is 0. The standard InChI is InChI=1S/C18H25F7O4/c19-16(20,11-17(21,22)23)18(24,25)28-10-14(9-12-5-7-27-8-6-12)29-15(26)13-3-1-2-4-13/h12-14H,1-11H2. The van der Waals surface area contributed by atoms with Crippen LogP contribution in [0.4, 0.5) is 30.7 Å². The highest BCUT2D eigenvalue weighted by Crippen LogP contribution is 2.43. The number of carbonyl (C=O) groups excluding carboxylic acids is 1. The van der Waals surface area contributed by atoms with Gasteiger partial charge in [-0.3, -0.25) is 4.79 Å². The molecule has 0 N–H and O–H groups in total.